The van der Waals surface area contributed by atoms with Crippen molar-refractivity contribution in [3.8, 4) is 0 Å². The highest BCUT2D eigenvalue weighted by atomic mass is 35.5. The van der Waals surface area contributed by atoms with E-state index < -0.39 is 11.0 Å². The fraction of sp³-hybridized carbons (Fsp3) is 0.158. The summed E-state index contributed by atoms with van der Waals surface area (Å²) in [4.78, 5) is 23.4. The predicted octanol–water partition coefficient (Wildman–Crippen LogP) is 5.62. The topological polar surface area (TPSA) is 98.3 Å². The lowest BCUT2D eigenvalue weighted by molar-refractivity contribution is -0.384. The number of carbonyl (C=O) groups is 1. The Hall–Kier alpha value is -2.90. The van der Waals surface area contributed by atoms with Gasteiger partial charge in [0.2, 0.25) is 0 Å². The lowest BCUT2D eigenvalue weighted by Crippen LogP contribution is -2.16. The molecule has 7 nitrogen and oxygen atoms in total. The molecular formula is C19H15Cl2N3O4. The van der Waals surface area contributed by atoms with Crippen LogP contribution in [-0.4, -0.2) is 15.9 Å². The fourth-order valence-electron chi connectivity index (χ4n) is 2.69. The van der Waals surface area contributed by atoms with Crippen molar-refractivity contribution in [1.29, 1.82) is 0 Å². The number of hydrogen-bond donors (Lipinski definition) is 1. The predicted molar refractivity (Wildman–Crippen MR) is 106 cm³/mol. The summed E-state index contributed by atoms with van der Waals surface area (Å²) < 4.78 is 5.04. The first-order valence-corrected chi connectivity index (χ1v) is 9.01. The molecule has 0 aliphatic rings. The van der Waals surface area contributed by atoms with Gasteiger partial charge < -0.3 is 9.84 Å². The third kappa shape index (κ3) is 4.68. The Bertz CT molecular complexity index is 1040. The maximum atomic E-state index is 12.8. The van der Waals surface area contributed by atoms with E-state index in [9.17, 15) is 14.9 Å². The van der Waals surface area contributed by atoms with Crippen molar-refractivity contribution in [3.05, 3.63) is 85.6 Å². The summed E-state index contributed by atoms with van der Waals surface area (Å²) in [5.41, 5.74) is 0.897. The Balaban J connectivity index is 1.91. The van der Waals surface area contributed by atoms with E-state index in [2.05, 4.69) is 10.5 Å². The van der Waals surface area contributed by atoms with Gasteiger partial charge in [0.15, 0.2) is 11.6 Å². The van der Waals surface area contributed by atoms with Gasteiger partial charge in [-0.05, 0) is 30.7 Å². The molecule has 0 fully saturated rings. The first kappa shape index (κ1) is 19.9. The van der Waals surface area contributed by atoms with Gasteiger partial charge >= 0.3 is 0 Å². The van der Waals surface area contributed by atoms with Gasteiger partial charge in [0.05, 0.1) is 21.0 Å². The average Bonchev–Trinajstić information content (AvgIpc) is 3.08. The van der Waals surface area contributed by atoms with E-state index >= 15 is 0 Å². The van der Waals surface area contributed by atoms with Crippen molar-refractivity contribution in [2.24, 2.45) is 0 Å². The van der Waals surface area contributed by atoms with Crippen LogP contribution in [0.2, 0.25) is 10.0 Å². The quantitative estimate of drug-likeness (QED) is 0.302. The number of non-ortho nitro benzene ring substituents is 1. The van der Waals surface area contributed by atoms with E-state index in [-0.39, 0.29) is 22.9 Å². The Morgan fingerprint density at radius 2 is 2.00 bits per heavy atom. The summed E-state index contributed by atoms with van der Waals surface area (Å²) in [6.45, 7) is 1.74. The van der Waals surface area contributed by atoms with Crippen molar-refractivity contribution < 1.29 is 14.2 Å². The van der Waals surface area contributed by atoms with Gasteiger partial charge in [-0.2, -0.15) is 0 Å². The lowest BCUT2D eigenvalue weighted by Gasteiger charge is -2.18. The second kappa shape index (κ2) is 8.41. The van der Waals surface area contributed by atoms with Crippen molar-refractivity contribution >= 4 is 40.5 Å². The average molecular weight is 420 g/mol. The molecule has 1 atom stereocenters. The van der Waals surface area contributed by atoms with Crippen molar-refractivity contribution in [2.75, 3.05) is 5.32 Å². The Kier molecular flexibility index (Phi) is 5.96. The third-order valence-electron chi connectivity index (χ3n) is 4.06. The molecule has 28 heavy (non-hydrogen) atoms. The lowest BCUT2D eigenvalue weighted by atomic mass is 9.97. The summed E-state index contributed by atoms with van der Waals surface area (Å²) in [5, 5.41) is 18.7. The molecule has 3 rings (SSSR count). The number of carbonyl (C=O) groups excluding carboxylic acids is 1. The van der Waals surface area contributed by atoms with Crippen LogP contribution in [0.3, 0.4) is 0 Å². The standard InChI is InChI=1S/C19H15Cl2N3O4/c1-11-7-19(23-28-11)22-17(12-3-2-4-14(8-12)24(26)27)10-18(25)13-5-6-15(20)16(21)9-13/h2-9,17H,10H2,1H3,(H,22,23). The maximum Gasteiger partial charge on any atom is 0.269 e. The molecule has 1 N–H and O–H groups in total. The molecule has 0 saturated carbocycles. The molecule has 9 heteroatoms. The van der Waals surface area contributed by atoms with Crippen LogP contribution < -0.4 is 5.32 Å². The number of halogens is 2. The number of ketones is 1. The molecular weight excluding hydrogens is 405 g/mol. The van der Waals surface area contributed by atoms with Crippen LogP contribution >= 0.6 is 23.2 Å². The number of nitro groups is 1. The monoisotopic (exact) mass is 419 g/mol. The number of nitrogens with zero attached hydrogens (tertiary/aromatic N) is 2. The van der Waals surface area contributed by atoms with Crippen molar-refractivity contribution in [2.45, 2.75) is 19.4 Å². The molecule has 0 saturated heterocycles. The molecule has 0 aliphatic carbocycles. The molecule has 3 aromatic rings. The van der Waals surface area contributed by atoms with E-state index in [1.54, 1.807) is 37.3 Å². The highest BCUT2D eigenvalue weighted by Crippen LogP contribution is 2.29. The van der Waals surface area contributed by atoms with Gasteiger partial charge in [-0.15, -0.1) is 0 Å². The third-order valence-corrected chi connectivity index (χ3v) is 4.80. The van der Waals surface area contributed by atoms with Gasteiger partial charge in [-0.25, -0.2) is 0 Å². The number of nitrogens with one attached hydrogen (secondary N) is 1. The number of Topliss-reactive ketones (excluding diaryl/α,β-unsaturated/α-hetero) is 1. The summed E-state index contributed by atoms with van der Waals surface area (Å²) in [7, 11) is 0. The minimum atomic E-state index is -0.564. The number of anilines is 1. The second-order valence-corrected chi connectivity index (χ2v) is 6.94. The zero-order valence-electron chi connectivity index (χ0n) is 14.7. The van der Waals surface area contributed by atoms with Crippen LogP contribution in [0.4, 0.5) is 11.5 Å². The molecule has 0 amide bonds. The number of aromatic nitrogens is 1. The second-order valence-electron chi connectivity index (χ2n) is 6.13. The maximum absolute atomic E-state index is 12.8. The molecule has 0 spiro atoms. The van der Waals surface area contributed by atoms with Crippen molar-refractivity contribution in [1.82, 2.24) is 5.16 Å². The normalized spacial score (nSPS) is 11.8. The molecule has 0 aliphatic heterocycles. The molecule has 1 aromatic heterocycles. The van der Waals surface area contributed by atoms with Crippen LogP contribution in [0.5, 0.6) is 0 Å². The smallest absolute Gasteiger partial charge is 0.269 e. The highest BCUT2D eigenvalue weighted by Gasteiger charge is 2.21. The fourth-order valence-corrected chi connectivity index (χ4v) is 2.99. The number of aryl methyl sites for hydroxylation is 1. The minimum Gasteiger partial charge on any atom is -0.360 e. The molecule has 0 radical (unpaired) electrons. The first-order chi connectivity index (χ1) is 13.3. The van der Waals surface area contributed by atoms with Crippen LogP contribution in [0.1, 0.15) is 34.1 Å². The Labute approximate surface area is 170 Å². The number of rotatable bonds is 7. The molecule has 1 heterocycles. The SMILES string of the molecule is Cc1cc(NC(CC(=O)c2ccc(Cl)c(Cl)c2)c2cccc([N+](=O)[O-])c2)no1. The first-order valence-electron chi connectivity index (χ1n) is 8.26. The van der Waals surface area contributed by atoms with E-state index in [1.165, 1.54) is 18.2 Å². The van der Waals surface area contributed by atoms with Gasteiger partial charge in [0, 0.05) is 30.2 Å². The number of benzene rings is 2. The highest BCUT2D eigenvalue weighted by molar-refractivity contribution is 6.42. The Morgan fingerprint density at radius 1 is 1.21 bits per heavy atom. The molecule has 1 unspecified atom stereocenters. The zero-order valence-corrected chi connectivity index (χ0v) is 16.2. The minimum absolute atomic E-state index is 0.0189. The van der Waals surface area contributed by atoms with Crippen LogP contribution in [0.15, 0.2) is 53.1 Å². The molecule has 144 valence electrons. The number of nitro benzene ring substituents is 1. The molecule has 0 bridgehead atoms. The zero-order chi connectivity index (χ0) is 20.3. The van der Waals surface area contributed by atoms with E-state index in [4.69, 9.17) is 27.7 Å². The van der Waals surface area contributed by atoms with Crippen molar-refractivity contribution in [3.63, 3.8) is 0 Å². The van der Waals surface area contributed by atoms with E-state index in [1.807, 2.05) is 0 Å². The molecule has 2 aromatic carbocycles. The largest absolute Gasteiger partial charge is 0.360 e. The van der Waals surface area contributed by atoms with Crippen LogP contribution in [0.25, 0.3) is 0 Å². The Morgan fingerprint density at radius 3 is 2.64 bits per heavy atom. The van der Waals surface area contributed by atoms with E-state index in [0.717, 1.165) is 0 Å². The van der Waals surface area contributed by atoms with Gasteiger partial charge in [-0.3, -0.25) is 14.9 Å². The van der Waals surface area contributed by atoms with E-state index in [0.29, 0.717) is 27.7 Å². The summed E-state index contributed by atoms with van der Waals surface area (Å²) in [6.07, 6.45) is 0.0189. The number of hydrogen-bond acceptors (Lipinski definition) is 6. The summed E-state index contributed by atoms with van der Waals surface area (Å²) in [5.74, 6) is 0.815. The van der Waals surface area contributed by atoms with Gasteiger partial charge in [-0.1, -0.05) is 40.5 Å². The van der Waals surface area contributed by atoms with Gasteiger partial charge in [0.1, 0.15) is 5.76 Å². The summed E-state index contributed by atoms with van der Waals surface area (Å²) >= 11 is 11.9. The van der Waals surface area contributed by atoms with Crippen LogP contribution in [0, 0.1) is 17.0 Å². The summed E-state index contributed by atoms with van der Waals surface area (Å²) in [6, 6.07) is 11.8. The van der Waals surface area contributed by atoms with Crippen LogP contribution in [-0.2, 0) is 0 Å². The van der Waals surface area contributed by atoms with Gasteiger partial charge in [0.25, 0.3) is 5.69 Å².